The van der Waals surface area contributed by atoms with Crippen molar-refractivity contribution in [3.63, 3.8) is 0 Å². The molecule has 2 N–H and O–H groups in total. The molecule has 1 amide bonds. The summed E-state index contributed by atoms with van der Waals surface area (Å²) in [6, 6.07) is 13.6. The van der Waals surface area contributed by atoms with Gasteiger partial charge in [0, 0.05) is 17.6 Å². The van der Waals surface area contributed by atoms with Crippen molar-refractivity contribution in [3.05, 3.63) is 64.9 Å². The summed E-state index contributed by atoms with van der Waals surface area (Å²) in [6.07, 6.45) is 0. The topological polar surface area (TPSA) is 54.3 Å². The summed E-state index contributed by atoms with van der Waals surface area (Å²) in [6.45, 7) is 7.74. The van der Waals surface area contributed by atoms with Crippen LogP contribution >= 0.6 is 0 Å². The normalized spacial score (nSPS) is 11.0. The number of amides is 1. The van der Waals surface area contributed by atoms with Crippen molar-refractivity contribution in [2.45, 2.75) is 27.3 Å². The molecule has 0 fully saturated rings. The lowest BCUT2D eigenvalue weighted by Gasteiger charge is -2.10. The predicted molar refractivity (Wildman–Crippen MR) is 97.5 cm³/mol. The Bertz CT molecular complexity index is 841. The molecular weight excluding hydrogens is 300 g/mol. The molecule has 0 aliphatic carbocycles. The van der Waals surface area contributed by atoms with Crippen molar-refractivity contribution < 1.29 is 9.21 Å². The first-order valence-electron chi connectivity index (χ1n) is 8.19. The first-order valence-corrected chi connectivity index (χ1v) is 8.19. The SMILES string of the molecule is CCNCc1ccccc1NC(=O)c1cc2cc(C)c(C)cc2o1. The van der Waals surface area contributed by atoms with Crippen LogP contribution in [0.3, 0.4) is 0 Å². The Kier molecular flexibility index (Phi) is 4.67. The zero-order valence-corrected chi connectivity index (χ0v) is 14.3. The van der Waals surface area contributed by atoms with Crippen LogP contribution in [-0.2, 0) is 6.54 Å². The molecule has 3 aromatic rings. The average molecular weight is 322 g/mol. The molecule has 1 aromatic heterocycles. The van der Waals surface area contributed by atoms with Crippen LogP contribution in [0.25, 0.3) is 11.0 Å². The Morgan fingerprint density at radius 2 is 1.83 bits per heavy atom. The highest BCUT2D eigenvalue weighted by atomic mass is 16.3. The molecule has 124 valence electrons. The van der Waals surface area contributed by atoms with E-state index in [0.29, 0.717) is 12.3 Å². The minimum Gasteiger partial charge on any atom is -0.451 e. The molecule has 0 bridgehead atoms. The van der Waals surface area contributed by atoms with E-state index in [1.54, 1.807) is 6.07 Å². The van der Waals surface area contributed by atoms with Crippen LogP contribution in [0.15, 0.2) is 46.9 Å². The number of benzene rings is 2. The summed E-state index contributed by atoms with van der Waals surface area (Å²) in [4.78, 5) is 12.6. The molecule has 3 rings (SSSR count). The van der Waals surface area contributed by atoms with Crippen molar-refractivity contribution in [3.8, 4) is 0 Å². The van der Waals surface area contributed by atoms with E-state index in [1.165, 1.54) is 5.56 Å². The number of hydrogen-bond acceptors (Lipinski definition) is 3. The molecule has 4 nitrogen and oxygen atoms in total. The van der Waals surface area contributed by atoms with Gasteiger partial charge in [0.25, 0.3) is 5.91 Å². The standard InChI is InChI=1S/C20H22N2O2/c1-4-21-12-15-7-5-6-8-17(15)22-20(23)19-11-16-9-13(2)14(3)10-18(16)24-19/h5-11,21H,4,12H2,1-3H3,(H,22,23). The second kappa shape index (κ2) is 6.89. The van der Waals surface area contributed by atoms with Gasteiger partial charge in [-0.05, 0) is 61.3 Å². The monoisotopic (exact) mass is 322 g/mol. The molecule has 0 aliphatic heterocycles. The van der Waals surface area contributed by atoms with Gasteiger partial charge in [-0.25, -0.2) is 0 Å². The molecule has 1 heterocycles. The summed E-state index contributed by atoms with van der Waals surface area (Å²) in [5.41, 5.74) is 4.93. The molecule has 0 atom stereocenters. The highest BCUT2D eigenvalue weighted by molar-refractivity contribution is 6.05. The number of para-hydroxylation sites is 1. The van der Waals surface area contributed by atoms with E-state index in [4.69, 9.17) is 4.42 Å². The van der Waals surface area contributed by atoms with E-state index in [0.717, 1.165) is 34.3 Å². The first-order chi connectivity index (χ1) is 11.6. The highest BCUT2D eigenvalue weighted by Crippen LogP contribution is 2.24. The van der Waals surface area contributed by atoms with Crippen LogP contribution in [0.4, 0.5) is 5.69 Å². The van der Waals surface area contributed by atoms with E-state index < -0.39 is 0 Å². The Hall–Kier alpha value is -2.59. The van der Waals surface area contributed by atoms with E-state index in [1.807, 2.05) is 43.3 Å². The zero-order valence-electron chi connectivity index (χ0n) is 14.3. The lowest BCUT2D eigenvalue weighted by molar-refractivity contribution is 0.0998. The van der Waals surface area contributed by atoms with E-state index in [9.17, 15) is 4.79 Å². The second-order valence-electron chi connectivity index (χ2n) is 5.98. The second-order valence-corrected chi connectivity index (χ2v) is 5.98. The van der Waals surface area contributed by atoms with Crippen molar-refractivity contribution in [2.75, 3.05) is 11.9 Å². The minimum atomic E-state index is -0.231. The molecule has 0 spiro atoms. The van der Waals surface area contributed by atoms with Gasteiger partial charge in [0.15, 0.2) is 5.76 Å². The van der Waals surface area contributed by atoms with Gasteiger partial charge in [0.1, 0.15) is 5.58 Å². The average Bonchev–Trinajstić information content (AvgIpc) is 2.97. The summed E-state index contributed by atoms with van der Waals surface area (Å²) in [5.74, 6) is 0.0960. The number of furan rings is 1. The van der Waals surface area contributed by atoms with Crippen LogP contribution in [0.5, 0.6) is 0 Å². The van der Waals surface area contributed by atoms with E-state index in [2.05, 4.69) is 24.5 Å². The molecule has 0 saturated heterocycles. The molecular formula is C20H22N2O2. The van der Waals surface area contributed by atoms with Gasteiger partial charge >= 0.3 is 0 Å². The summed E-state index contributed by atoms with van der Waals surface area (Å²) >= 11 is 0. The molecule has 0 radical (unpaired) electrons. The van der Waals surface area contributed by atoms with Gasteiger partial charge in [-0.15, -0.1) is 0 Å². The van der Waals surface area contributed by atoms with E-state index in [-0.39, 0.29) is 5.91 Å². The van der Waals surface area contributed by atoms with E-state index >= 15 is 0 Å². The van der Waals surface area contributed by atoms with Gasteiger partial charge in [-0.2, -0.15) is 0 Å². The van der Waals surface area contributed by atoms with Crippen LogP contribution in [0.1, 0.15) is 34.2 Å². The third kappa shape index (κ3) is 3.34. The number of carbonyl (C=O) groups is 1. The largest absolute Gasteiger partial charge is 0.451 e. The molecule has 0 aliphatic rings. The lowest BCUT2D eigenvalue weighted by Crippen LogP contribution is -2.16. The van der Waals surface area contributed by atoms with Gasteiger partial charge in [0.05, 0.1) is 0 Å². The molecule has 2 aromatic carbocycles. The Morgan fingerprint density at radius 3 is 2.62 bits per heavy atom. The van der Waals surface area contributed by atoms with Crippen molar-refractivity contribution >= 4 is 22.6 Å². The van der Waals surface area contributed by atoms with Gasteiger partial charge in [-0.3, -0.25) is 4.79 Å². The third-order valence-electron chi connectivity index (χ3n) is 4.19. The number of aryl methyl sites for hydroxylation is 2. The summed E-state index contributed by atoms with van der Waals surface area (Å²) < 4.78 is 5.73. The molecule has 0 unspecified atom stereocenters. The third-order valence-corrected chi connectivity index (χ3v) is 4.19. The number of rotatable bonds is 5. The number of nitrogens with one attached hydrogen (secondary N) is 2. The van der Waals surface area contributed by atoms with Crippen molar-refractivity contribution in [1.82, 2.24) is 5.32 Å². The fourth-order valence-electron chi connectivity index (χ4n) is 2.65. The minimum absolute atomic E-state index is 0.231. The number of hydrogen-bond donors (Lipinski definition) is 2. The van der Waals surface area contributed by atoms with Crippen LogP contribution in [0, 0.1) is 13.8 Å². The number of fused-ring (bicyclic) bond motifs is 1. The predicted octanol–water partition coefficient (Wildman–Crippen LogP) is 4.41. The van der Waals surface area contributed by atoms with Gasteiger partial charge in [0.2, 0.25) is 0 Å². The quantitative estimate of drug-likeness (QED) is 0.731. The van der Waals surface area contributed by atoms with Crippen molar-refractivity contribution in [1.29, 1.82) is 0 Å². The van der Waals surface area contributed by atoms with Crippen LogP contribution in [-0.4, -0.2) is 12.5 Å². The first kappa shape index (κ1) is 16.3. The van der Waals surface area contributed by atoms with Crippen LogP contribution < -0.4 is 10.6 Å². The van der Waals surface area contributed by atoms with Gasteiger partial charge in [-0.1, -0.05) is 25.1 Å². The summed E-state index contributed by atoms with van der Waals surface area (Å²) in [7, 11) is 0. The fraction of sp³-hybridized carbons (Fsp3) is 0.250. The Morgan fingerprint density at radius 1 is 1.08 bits per heavy atom. The molecule has 0 saturated carbocycles. The number of anilines is 1. The van der Waals surface area contributed by atoms with Gasteiger partial charge < -0.3 is 15.1 Å². The smallest absolute Gasteiger partial charge is 0.291 e. The Balaban J connectivity index is 1.85. The Labute approximate surface area is 141 Å². The number of carbonyl (C=O) groups excluding carboxylic acids is 1. The highest BCUT2D eigenvalue weighted by Gasteiger charge is 2.14. The maximum Gasteiger partial charge on any atom is 0.291 e. The maximum absolute atomic E-state index is 12.6. The zero-order chi connectivity index (χ0) is 17.1. The molecule has 4 heteroatoms. The fourth-order valence-corrected chi connectivity index (χ4v) is 2.65. The lowest BCUT2D eigenvalue weighted by atomic mass is 10.1. The van der Waals surface area contributed by atoms with Crippen molar-refractivity contribution in [2.24, 2.45) is 0 Å². The van der Waals surface area contributed by atoms with Crippen LogP contribution in [0.2, 0.25) is 0 Å². The molecule has 24 heavy (non-hydrogen) atoms. The maximum atomic E-state index is 12.6. The summed E-state index contributed by atoms with van der Waals surface area (Å²) in [5, 5.41) is 7.18.